The molecule has 0 saturated carbocycles. The Kier molecular flexibility index (Phi) is 12.8. The van der Waals surface area contributed by atoms with Gasteiger partial charge in [0, 0.05) is 6.21 Å². The van der Waals surface area contributed by atoms with Gasteiger partial charge >= 0.3 is 0 Å². The molecule has 0 spiro atoms. The van der Waals surface area contributed by atoms with Gasteiger partial charge in [0.25, 0.3) is 0 Å². The smallest absolute Gasteiger partial charge is 0.0183 e. The van der Waals surface area contributed by atoms with E-state index in [2.05, 4.69) is 136 Å². The van der Waals surface area contributed by atoms with E-state index in [4.69, 9.17) is 5.41 Å². The minimum absolute atomic E-state index is 0.927. The largest absolute Gasteiger partial charge is 0.309 e. The molecule has 1 N–H and O–H groups in total. The van der Waals surface area contributed by atoms with Crippen LogP contribution in [-0.2, 0) is 0 Å². The topological polar surface area (TPSA) is 23.9 Å². The van der Waals surface area contributed by atoms with Crippen LogP contribution in [0.3, 0.4) is 0 Å². The van der Waals surface area contributed by atoms with Crippen molar-refractivity contribution in [2.24, 2.45) is 0 Å². The van der Waals surface area contributed by atoms with Crippen LogP contribution < -0.4 is 0 Å². The van der Waals surface area contributed by atoms with Crippen LogP contribution in [0.4, 0.5) is 0 Å². The highest BCUT2D eigenvalue weighted by Crippen LogP contribution is 2.44. The third-order valence-corrected chi connectivity index (χ3v) is 8.51. The van der Waals surface area contributed by atoms with Crippen molar-refractivity contribution in [1.29, 1.82) is 5.41 Å². The molecule has 0 aliphatic heterocycles. The molecule has 0 bridgehead atoms. The van der Waals surface area contributed by atoms with Crippen molar-refractivity contribution in [1.82, 2.24) is 0 Å². The van der Waals surface area contributed by atoms with Crippen LogP contribution in [0.1, 0.15) is 49.9 Å². The maximum atomic E-state index is 7.43. The third-order valence-electron chi connectivity index (χ3n) is 8.51. The van der Waals surface area contributed by atoms with Crippen LogP contribution in [0.15, 0.2) is 153 Å². The number of hydrogen-bond donors (Lipinski definition) is 1. The van der Waals surface area contributed by atoms with E-state index in [1.165, 1.54) is 44.4 Å². The number of allylic oxidation sites excluding steroid dienone is 5. The summed E-state index contributed by atoms with van der Waals surface area (Å²) in [5.41, 5.74) is 12.3. The zero-order valence-electron chi connectivity index (χ0n) is 29.6. The van der Waals surface area contributed by atoms with Gasteiger partial charge in [0.2, 0.25) is 0 Å². The van der Waals surface area contributed by atoms with Crippen molar-refractivity contribution in [3.8, 4) is 33.4 Å². The number of benzene rings is 6. The Labute approximate surface area is 293 Å². The number of fused-ring (bicyclic) bond motifs is 2. The molecule has 6 rings (SSSR count). The van der Waals surface area contributed by atoms with Gasteiger partial charge in [0.05, 0.1) is 0 Å². The highest BCUT2D eigenvalue weighted by atomic mass is 14.3. The SMILES string of the molecule is C/C=C\C.C=C/C(=C\C=N)c1ccc(-c2cccc(-c3c(C=C)c(C=C)c(-c4ccc5cc(C)ccc5c4)c4ccccc34)c2)cc1.CC. The summed E-state index contributed by atoms with van der Waals surface area (Å²) < 4.78 is 0. The second kappa shape index (κ2) is 17.4. The van der Waals surface area contributed by atoms with E-state index in [-0.39, 0.29) is 0 Å². The standard InChI is InChI=1S/C42H33N.C4H8.C2H6/c1-5-29(23-24-43)30-17-19-31(20-18-30)32-11-10-12-35(26-32)41-37(6-2)38(7-3)42(40-14-9-8-13-39(40)41)36-22-21-33-25-28(4)15-16-34(33)27-36;1-3-4-2;1-2/h5-27,43H,1-3H2,4H3;3-4H,1-2H3;1-2H3/b29-23+,43-24?;4-3-;. The van der Waals surface area contributed by atoms with Crippen LogP contribution in [0.5, 0.6) is 0 Å². The molecule has 6 aromatic rings. The Hall–Kier alpha value is -5.79. The summed E-state index contributed by atoms with van der Waals surface area (Å²) in [7, 11) is 0. The molecule has 6 aromatic carbocycles. The van der Waals surface area contributed by atoms with E-state index in [1.54, 1.807) is 12.2 Å². The lowest BCUT2D eigenvalue weighted by Crippen LogP contribution is -1.96. The number of nitrogens with one attached hydrogen (secondary N) is 1. The first-order valence-electron chi connectivity index (χ1n) is 16.9. The predicted octanol–water partition coefficient (Wildman–Crippen LogP) is 14.4. The minimum Gasteiger partial charge on any atom is -0.309 e. The van der Waals surface area contributed by atoms with Crippen LogP contribution in [0, 0.1) is 12.3 Å². The van der Waals surface area contributed by atoms with Gasteiger partial charge in [-0.3, -0.25) is 0 Å². The summed E-state index contributed by atoms with van der Waals surface area (Å²) in [6.45, 7) is 22.6. The second-order valence-electron chi connectivity index (χ2n) is 11.4. The molecule has 0 saturated heterocycles. The van der Waals surface area contributed by atoms with E-state index in [0.29, 0.717) is 0 Å². The maximum absolute atomic E-state index is 7.43. The van der Waals surface area contributed by atoms with Gasteiger partial charge in [-0.05, 0) is 116 Å². The van der Waals surface area contributed by atoms with E-state index >= 15 is 0 Å². The number of rotatable bonds is 8. The van der Waals surface area contributed by atoms with Crippen LogP contribution in [0.25, 0.3) is 72.7 Å². The molecule has 1 heteroatoms. The van der Waals surface area contributed by atoms with Gasteiger partial charge in [-0.15, -0.1) is 0 Å². The fourth-order valence-corrected chi connectivity index (χ4v) is 6.13. The molecule has 0 aliphatic rings. The monoisotopic (exact) mass is 637 g/mol. The molecule has 0 heterocycles. The van der Waals surface area contributed by atoms with E-state index in [9.17, 15) is 0 Å². The molecular weight excluding hydrogens is 591 g/mol. The molecule has 0 aromatic heterocycles. The Balaban J connectivity index is 0.000000841. The normalized spacial score (nSPS) is 10.9. The van der Waals surface area contributed by atoms with Crippen molar-refractivity contribution in [3.63, 3.8) is 0 Å². The predicted molar refractivity (Wildman–Crippen MR) is 221 cm³/mol. The minimum atomic E-state index is 0.927. The van der Waals surface area contributed by atoms with Gasteiger partial charge in [-0.25, -0.2) is 0 Å². The average molecular weight is 638 g/mol. The second-order valence-corrected chi connectivity index (χ2v) is 11.4. The van der Waals surface area contributed by atoms with Crippen molar-refractivity contribution in [3.05, 3.63) is 175 Å². The molecule has 0 unspecified atom stereocenters. The molecule has 0 amide bonds. The summed E-state index contributed by atoms with van der Waals surface area (Å²) >= 11 is 0. The van der Waals surface area contributed by atoms with Gasteiger partial charge in [-0.1, -0.05) is 167 Å². The molecule has 49 heavy (non-hydrogen) atoms. The van der Waals surface area contributed by atoms with Gasteiger partial charge < -0.3 is 5.41 Å². The van der Waals surface area contributed by atoms with Crippen LogP contribution in [0.2, 0.25) is 0 Å². The lowest BCUT2D eigenvalue weighted by atomic mass is 9.82. The first-order chi connectivity index (χ1) is 24.0. The quantitative estimate of drug-likeness (QED) is 0.0975. The Morgan fingerprint density at radius 3 is 1.65 bits per heavy atom. The lowest BCUT2D eigenvalue weighted by molar-refractivity contribution is 1.50. The van der Waals surface area contributed by atoms with E-state index < -0.39 is 0 Å². The fraction of sp³-hybridized carbons (Fsp3) is 0.104. The third kappa shape index (κ3) is 7.86. The average Bonchev–Trinajstić information content (AvgIpc) is 3.16. The molecule has 1 nitrogen and oxygen atoms in total. The summed E-state index contributed by atoms with van der Waals surface area (Å²) in [6, 6.07) is 39.1. The van der Waals surface area contributed by atoms with Crippen LogP contribution >= 0.6 is 0 Å². The Morgan fingerprint density at radius 2 is 1.10 bits per heavy atom. The first-order valence-corrected chi connectivity index (χ1v) is 16.9. The molecule has 0 radical (unpaired) electrons. The summed E-state index contributed by atoms with van der Waals surface area (Å²) in [5.74, 6) is 0. The molecular formula is C48H47N. The molecule has 0 atom stereocenters. The molecule has 0 aliphatic carbocycles. The highest BCUT2D eigenvalue weighted by Gasteiger charge is 2.19. The van der Waals surface area contributed by atoms with Crippen molar-refractivity contribution < 1.29 is 0 Å². The van der Waals surface area contributed by atoms with Crippen molar-refractivity contribution in [2.45, 2.75) is 34.6 Å². The summed E-state index contributed by atoms with van der Waals surface area (Å²) in [4.78, 5) is 0. The Morgan fingerprint density at radius 1 is 0.571 bits per heavy atom. The highest BCUT2D eigenvalue weighted by molar-refractivity contribution is 6.12. The maximum Gasteiger partial charge on any atom is 0.0183 e. The zero-order valence-corrected chi connectivity index (χ0v) is 29.6. The van der Waals surface area contributed by atoms with Crippen molar-refractivity contribution >= 4 is 45.5 Å². The number of hydrogen-bond acceptors (Lipinski definition) is 1. The lowest BCUT2D eigenvalue weighted by Gasteiger charge is -2.21. The molecule has 244 valence electrons. The van der Waals surface area contributed by atoms with Crippen molar-refractivity contribution in [2.75, 3.05) is 0 Å². The van der Waals surface area contributed by atoms with Crippen LogP contribution in [-0.4, -0.2) is 6.21 Å². The number of aryl methyl sites for hydroxylation is 1. The van der Waals surface area contributed by atoms with E-state index in [1.807, 2.05) is 52.0 Å². The summed E-state index contributed by atoms with van der Waals surface area (Å²) in [6.07, 6.45) is 12.8. The molecule has 0 fully saturated rings. The van der Waals surface area contributed by atoms with Gasteiger partial charge in [0.15, 0.2) is 0 Å². The first kappa shape index (κ1) is 36.1. The zero-order chi connectivity index (χ0) is 35.3. The Bertz CT molecular complexity index is 2170. The fourth-order valence-electron chi connectivity index (χ4n) is 6.13. The van der Waals surface area contributed by atoms with E-state index in [0.717, 1.165) is 44.5 Å². The van der Waals surface area contributed by atoms with Gasteiger partial charge in [-0.2, -0.15) is 0 Å². The summed E-state index contributed by atoms with van der Waals surface area (Å²) in [5, 5.41) is 12.3. The van der Waals surface area contributed by atoms with Gasteiger partial charge in [0.1, 0.15) is 0 Å².